The standard InChI is InChI=1S/C21H17N2O/c1-13-10-20-17(12-16(13)19-7-5-6-8-23(19)4)18-11-15(22-3)9-14(2)21(18)24-20/h5-12H,1-2,4H3/q+1. The van der Waals surface area contributed by atoms with Gasteiger partial charge in [-0.3, -0.25) is 0 Å². The summed E-state index contributed by atoms with van der Waals surface area (Å²) in [7, 11) is 2.05. The van der Waals surface area contributed by atoms with E-state index in [-0.39, 0.29) is 0 Å². The maximum atomic E-state index is 7.31. The van der Waals surface area contributed by atoms with E-state index in [4.69, 9.17) is 11.0 Å². The van der Waals surface area contributed by atoms with Crippen molar-refractivity contribution in [1.29, 1.82) is 0 Å². The molecule has 0 atom stereocenters. The van der Waals surface area contributed by atoms with Crippen molar-refractivity contribution >= 4 is 27.6 Å². The molecule has 0 spiro atoms. The number of furan rings is 1. The summed E-state index contributed by atoms with van der Waals surface area (Å²) in [6.45, 7) is 11.4. The predicted molar refractivity (Wildman–Crippen MR) is 96.1 cm³/mol. The molecule has 2 aromatic heterocycles. The van der Waals surface area contributed by atoms with Crippen LogP contribution in [0.5, 0.6) is 0 Å². The second-order valence-electron chi connectivity index (χ2n) is 6.21. The summed E-state index contributed by atoms with van der Waals surface area (Å²) >= 11 is 0. The van der Waals surface area contributed by atoms with E-state index in [2.05, 4.69) is 34.5 Å². The van der Waals surface area contributed by atoms with E-state index in [1.807, 2.05) is 44.4 Å². The maximum absolute atomic E-state index is 7.31. The minimum atomic E-state index is 0.648. The molecule has 3 nitrogen and oxygen atoms in total. The maximum Gasteiger partial charge on any atom is 0.212 e. The summed E-state index contributed by atoms with van der Waals surface area (Å²) in [6.07, 6.45) is 2.05. The minimum absolute atomic E-state index is 0.648. The fourth-order valence-electron chi connectivity index (χ4n) is 3.32. The van der Waals surface area contributed by atoms with Gasteiger partial charge in [0.1, 0.15) is 18.2 Å². The molecule has 0 saturated carbocycles. The Labute approximate surface area is 140 Å². The van der Waals surface area contributed by atoms with Crippen LogP contribution in [-0.2, 0) is 7.05 Å². The highest BCUT2D eigenvalue weighted by Crippen LogP contribution is 2.37. The van der Waals surface area contributed by atoms with Gasteiger partial charge < -0.3 is 4.42 Å². The van der Waals surface area contributed by atoms with Crippen LogP contribution in [-0.4, -0.2) is 0 Å². The van der Waals surface area contributed by atoms with Crippen molar-refractivity contribution in [3.8, 4) is 11.3 Å². The summed E-state index contributed by atoms with van der Waals surface area (Å²) < 4.78 is 8.19. The van der Waals surface area contributed by atoms with Crippen LogP contribution in [0.25, 0.3) is 38.0 Å². The third-order valence-electron chi connectivity index (χ3n) is 4.55. The number of benzene rings is 2. The van der Waals surface area contributed by atoms with Crippen molar-refractivity contribution in [2.24, 2.45) is 7.05 Å². The van der Waals surface area contributed by atoms with E-state index in [0.29, 0.717) is 5.69 Å². The number of hydrogen-bond donors (Lipinski definition) is 0. The van der Waals surface area contributed by atoms with Crippen LogP contribution in [0.4, 0.5) is 5.69 Å². The Hall–Kier alpha value is -3.12. The first-order valence-corrected chi connectivity index (χ1v) is 7.88. The molecule has 24 heavy (non-hydrogen) atoms. The molecule has 0 fully saturated rings. The van der Waals surface area contributed by atoms with Gasteiger partial charge in [0.05, 0.1) is 6.57 Å². The Bertz CT molecular complexity index is 1150. The SMILES string of the molecule is [C-]#[N+]c1cc(C)c2oc3cc(C)c(-c4cccc[n+]4C)cc3c2c1. The molecular formula is C21H17N2O+. The lowest BCUT2D eigenvalue weighted by Crippen LogP contribution is -2.30. The zero-order valence-electron chi connectivity index (χ0n) is 13.9. The highest BCUT2D eigenvalue weighted by molar-refractivity contribution is 6.08. The van der Waals surface area contributed by atoms with E-state index in [1.165, 1.54) is 11.1 Å². The van der Waals surface area contributed by atoms with Gasteiger partial charge in [-0.1, -0.05) is 0 Å². The van der Waals surface area contributed by atoms with Crippen molar-refractivity contribution in [2.45, 2.75) is 13.8 Å². The van der Waals surface area contributed by atoms with Gasteiger partial charge in [-0.25, -0.2) is 9.41 Å². The van der Waals surface area contributed by atoms with E-state index in [1.54, 1.807) is 0 Å². The lowest BCUT2D eigenvalue weighted by atomic mass is 10.0. The third kappa shape index (κ3) is 2.08. The van der Waals surface area contributed by atoms with Gasteiger partial charge in [0.2, 0.25) is 5.69 Å². The fraction of sp³-hybridized carbons (Fsp3) is 0.143. The van der Waals surface area contributed by atoms with Crippen LogP contribution < -0.4 is 4.57 Å². The zero-order valence-corrected chi connectivity index (χ0v) is 13.9. The lowest BCUT2D eigenvalue weighted by molar-refractivity contribution is -0.660. The second kappa shape index (κ2) is 5.21. The molecule has 0 bridgehead atoms. The summed E-state index contributed by atoms with van der Waals surface area (Å²) in [6, 6.07) is 14.3. The molecule has 2 heterocycles. The predicted octanol–water partition coefficient (Wildman–Crippen LogP) is 5.25. The van der Waals surface area contributed by atoms with Gasteiger partial charge >= 0.3 is 0 Å². The average Bonchev–Trinajstić information content (AvgIpc) is 2.92. The number of hydrogen-bond acceptors (Lipinski definition) is 1. The molecule has 2 aromatic carbocycles. The molecule has 4 rings (SSSR count). The smallest absolute Gasteiger partial charge is 0.212 e. The van der Waals surface area contributed by atoms with E-state index in [9.17, 15) is 0 Å². The van der Waals surface area contributed by atoms with Crippen molar-refractivity contribution in [1.82, 2.24) is 0 Å². The Kier molecular flexibility index (Phi) is 3.14. The minimum Gasteiger partial charge on any atom is -0.456 e. The number of fused-ring (bicyclic) bond motifs is 3. The first-order valence-electron chi connectivity index (χ1n) is 7.88. The van der Waals surface area contributed by atoms with Crippen LogP contribution >= 0.6 is 0 Å². The zero-order chi connectivity index (χ0) is 16.8. The number of rotatable bonds is 1. The quantitative estimate of drug-likeness (QED) is 0.347. The van der Waals surface area contributed by atoms with Gasteiger partial charge in [0.15, 0.2) is 11.9 Å². The molecule has 0 unspecified atom stereocenters. The molecule has 116 valence electrons. The molecular weight excluding hydrogens is 296 g/mol. The Morgan fingerprint density at radius 3 is 2.58 bits per heavy atom. The van der Waals surface area contributed by atoms with Gasteiger partial charge in [-0.05, 0) is 55.3 Å². The van der Waals surface area contributed by atoms with Crippen LogP contribution in [0.15, 0.2) is 53.1 Å². The van der Waals surface area contributed by atoms with Crippen LogP contribution in [0.1, 0.15) is 11.1 Å². The average molecular weight is 313 g/mol. The van der Waals surface area contributed by atoms with Crippen molar-refractivity contribution in [3.05, 3.63) is 71.2 Å². The lowest BCUT2D eigenvalue weighted by Gasteiger charge is -2.04. The van der Waals surface area contributed by atoms with Crippen LogP contribution in [0.2, 0.25) is 0 Å². The summed E-state index contributed by atoms with van der Waals surface area (Å²) in [5.74, 6) is 0. The van der Waals surface area contributed by atoms with Crippen LogP contribution in [0.3, 0.4) is 0 Å². The van der Waals surface area contributed by atoms with Gasteiger partial charge in [-0.15, -0.1) is 0 Å². The molecule has 0 saturated heterocycles. The third-order valence-corrected chi connectivity index (χ3v) is 4.55. The largest absolute Gasteiger partial charge is 0.456 e. The number of aromatic nitrogens is 1. The summed E-state index contributed by atoms with van der Waals surface area (Å²) in [5, 5.41) is 2.07. The first kappa shape index (κ1) is 14.5. The highest BCUT2D eigenvalue weighted by atomic mass is 16.3. The Morgan fingerprint density at radius 2 is 1.83 bits per heavy atom. The monoisotopic (exact) mass is 313 g/mol. The van der Waals surface area contributed by atoms with E-state index < -0.39 is 0 Å². The second-order valence-corrected chi connectivity index (χ2v) is 6.21. The molecule has 3 heteroatoms. The number of pyridine rings is 1. The topological polar surface area (TPSA) is 21.4 Å². The molecule has 4 aromatic rings. The first-order chi connectivity index (χ1) is 11.6. The van der Waals surface area contributed by atoms with Crippen molar-refractivity contribution in [3.63, 3.8) is 0 Å². The van der Waals surface area contributed by atoms with Crippen LogP contribution in [0, 0.1) is 20.4 Å². The van der Waals surface area contributed by atoms with Gasteiger partial charge in [-0.2, -0.15) is 0 Å². The van der Waals surface area contributed by atoms with Gasteiger partial charge in [0, 0.05) is 28.5 Å². The molecule has 0 N–H and O–H groups in total. The molecule has 0 aliphatic carbocycles. The number of nitrogens with zero attached hydrogens (tertiary/aromatic N) is 2. The molecule has 0 radical (unpaired) electrons. The van der Waals surface area contributed by atoms with E-state index in [0.717, 1.165) is 33.2 Å². The molecule has 0 aliphatic heterocycles. The molecule has 0 aliphatic rings. The van der Waals surface area contributed by atoms with Gasteiger partial charge in [0.25, 0.3) is 0 Å². The summed E-state index contributed by atoms with van der Waals surface area (Å²) in [4.78, 5) is 3.58. The molecule has 0 amide bonds. The normalized spacial score (nSPS) is 11.1. The fourth-order valence-corrected chi connectivity index (χ4v) is 3.32. The van der Waals surface area contributed by atoms with Crippen molar-refractivity contribution in [2.75, 3.05) is 0 Å². The highest BCUT2D eigenvalue weighted by Gasteiger charge is 2.17. The summed E-state index contributed by atoms with van der Waals surface area (Å²) in [5.41, 5.74) is 6.89. The number of aryl methyl sites for hydroxylation is 3. The Balaban J connectivity index is 2.10. The Morgan fingerprint density at radius 1 is 1.00 bits per heavy atom. The van der Waals surface area contributed by atoms with Crippen molar-refractivity contribution < 1.29 is 8.98 Å². The van der Waals surface area contributed by atoms with E-state index >= 15 is 0 Å².